The zero-order chi connectivity index (χ0) is 17.6. The van der Waals surface area contributed by atoms with Gasteiger partial charge in [-0.15, -0.1) is 22.7 Å². The van der Waals surface area contributed by atoms with Crippen molar-refractivity contribution >= 4 is 32.8 Å². The maximum absolute atomic E-state index is 5.87. The molecule has 0 bridgehead atoms. The number of nitrogens with one attached hydrogen (secondary N) is 1. The van der Waals surface area contributed by atoms with E-state index < -0.39 is 0 Å². The van der Waals surface area contributed by atoms with Gasteiger partial charge in [-0.25, -0.2) is 0 Å². The summed E-state index contributed by atoms with van der Waals surface area (Å²) in [7, 11) is 0. The molecule has 132 valence electrons. The van der Waals surface area contributed by atoms with Crippen LogP contribution in [-0.4, -0.2) is 13.2 Å². The van der Waals surface area contributed by atoms with Crippen LogP contribution >= 0.6 is 22.7 Å². The Labute approximate surface area is 162 Å². The summed E-state index contributed by atoms with van der Waals surface area (Å²) in [6.45, 7) is 2.65. The summed E-state index contributed by atoms with van der Waals surface area (Å²) in [4.78, 5) is 1.38. The summed E-state index contributed by atoms with van der Waals surface area (Å²) in [6.07, 6.45) is 1.00. The second-order valence-electron chi connectivity index (χ2n) is 6.13. The number of rotatable bonds is 8. The van der Waals surface area contributed by atoms with Crippen molar-refractivity contribution in [3.8, 4) is 16.9 Å². The largest absolute Gasteiger partial charge is 0.494 e. The molecule has 0 atom stereocenters. The van der Waals surface area contributed by atoms with Gasteiger partial charge in [0, 0.05) is 27.1 Å². The van der Waals surface area contributed by atoms with E-state index in [0.717, 1.165) is 31.9 Å². The van der Waals surface area contributed by atoms with E-state index in [1.54, 1.807) is 22.7 Å². The van der Waals surface area contributed by atoms with E-state index in [1.165, 1.54) is 26.1 Å². The topological polar surface area (TPSA) is 21.3 Å². The van der Waals surface area contributed by atoms with Crippen molar-refractivity contribution in [3.05, 3.63) is 76.3 Å². The van der Waals surface area contributed by atoms with Crippen LogP contribution in [0.15, 0.2) is 71.4 Å². The Morgan fingerprint density at radius 3 is 2.62 bits per heavy atom. The summed E-state index contributed by atoms with van der Waals surface area (Å²) < 4.78 is 7.20. The number of fused-ring (bicyclic) bond motifs is 1. The van der Waals surface area contributed by atoms with Crippen molar-refractivity contribution in [2.45, 2.75) is 13.0 Å². The van der Waals surface area contributed by atoms with Crippen LogP contribution in [0.2, 0.25) is 0 Å². The fourth-order valence-corrected chi connectivity index (χ4v) is 4.59. The Balaban J connectivity index is 1.27. The van der Waals surface area contributed by atoms with Gasteiger partial charge in [-0.05, 0) is 53.6 Å². The van der Waals surface area contributed by atoms with Gasteiger partial charge in [0.25, 0.3) is 0 Å². The lowest BCUT2D eigenvalue weighted by atomic mass is 10.0. The summed E-state index contributed by atoms with van der Waals surface area (Å²) in [6, 6.07) is 21.2. The van der Waals surface area contributed by atoms with E-state index in [-0.39, 0.29) is 0 Å². The summed E-state index contributed by atoms with van der Waals surface area (Å²) in [5.74, 6) is 0.937. The first kappa shape index (κ1) is 17.3. The monoisotopic (exact) mass is 379 g/mol. The maximum atomic E-state index is 5.87. The molecule has 0 unspecified atom stereocenters. The highest BCUT2D eigenvalue weighted by Crippen LogP contribution is 2.34. The van der Waals surface area contributed by atoms with Crippen molar-refractivity contribution < 1.29 is 4.74 Å². The Morgan fingerprint density at radius 1 is 0.885 bits per heavy atom. The van der Waals surface area contributed by atoms with Crippen molar-refractivity contribution in [1.82, 2.24) is 5.32 Å². The second kappa shape index (κ2) is 8.49. The first-order valence-electron chi connectivity index (χ1n) is 8.83. The molecule has 0 saturated heterocycles. The van der Waals surface area contributed by atoms with Crippen LogP contribution in [0.5, 0.6) is 5.75 Å². The molecular weight excluding hydrogens is 358 g/mol. The first-order chi connectivity index (χ1) is 12.9. The molecule has 4 aromatic rings. The quantitative estimate of drug-likeness (QED) is 0.369. The number of benzene rings is 2. The maximum Gasteiger partial charge on any atom is 0.119 e. The summed E-state index contributed by atoms with van der Waals surface area (Å²) >= 11 is 3.59. The van der Waals surface area contributed by atoms with Gasteiger partial charge in [0.1, 0.15) is 5.75 Å². The molecule has 2 heterocycles. The molecule has 2 aromatic carbocycles. The van der Waals surface area contributed by atoms with Crippen LogP contribution in [0.25, 0.3) is 21.2 Å². The lowest BCUT2D eigenvalue weighted by molar-refractivity contribution is 0.308. The molecule has 0 saturated carbocycles. The van der Waals surface area contributed by atoms with E-state index in [1.807, 2.05) is 0 Å². The van der Waals surface area contributed by atoms with Gasteiger partial charge in [-0.1, -0.05) is 36.4 Å². The molecule has 0 amide bonds. The van der Waals surface area contributed by atoms with Crippen LogP contribution in [-0.2, 0) is 6.54 Å². The third kappa shape index (κ3) is 4.15. The highest BCUT2D eigenvalue weighted by atomic mass is 32.1. The Kier molecular flexibility index (Phi) is 5.65. The van der Waals surface area contributed by atoms with E-state index in [9.17, 15) is 0 Å². The average Bonchev–Trinajstić information content (AvgIpc) is 3.35. The molecule has 1 N–H and O–H groups in total. The Bertz CT molecular complexity index is 942. The first-order valence-corrected chi connectivity index (χ1v) is 10.6. The van der Waals surface area contributed by atoms with Crippen LogP contribution < -0.4 is 10.1 Å². The van der Waals surface area contributed by atoms with E-state index >= 15 is 0 Å². The molecule has 2 nitrogen and oxygen atoms in total. The van der Waals surface area contributed by atoms with Gasteiger partial charge in [0.2, 0.25) is 0 Å². The minimum Gasteiger partial charge on any atom is -0.494 e. The Morgan fingerprint density at radius 2 is 1.77 bits per heavy atom. The smallest absolute Gasteiger partial charge is 0.119 e. The average molecular weight is 380 g/mol. The fourth-order valence-electron chi connectivity index (χ4n) is 2.94. The molecule has 0 spiro atoms. The lowest BCUT2D eigenvalue weighted by Gasteiger charge is -2.08. The molecule has 0 aliphatic carbocycles. The van der Waals surface area contributed by atoms with E-state index in [0.29, 0.717) is 0 Å². The Hall–Kier alpha value is -2.14. The second-order valence-corrected chi connectivity index (χ2v) is 8.07. The predicted molar refractivity (Wildman–Crippen MR) is 113 cm³/mol. The van der Waals surface area contributed by atoms with Gasteiger partial charge < -0.3 is 10.1 Å². The number of hydrogen-bond donors (Lipinski definition) is 1. The van der Waals surface area contributed by atoms with Crippen LogP contribution in [0.3, 0.4) is 0 Å². The van der Waals surface area contributed by atoms with Crippen molar-refractivity contribution in [3.63, 3.8) is 0 Å². The van der Waals surface area contributed by atoms with Gasteiger partial charge in [0.05, 0.1) is 6.61 Å². The molecular formula is C22H21NOS2. The third-order valence-corrected chi connectivity index (χ3v) is 6.13. The highest BCUT2D eigenvalue weighted by Gasteiger charge is 2.06. The van der Waals surface area contributed by atoms with Gasteiger partial charge in [-0.3, -0.25) is 0 Å². The predicted octanol–water partition coefficient (Wildman–Crippen LogP) is 6.19. The normalized spacial score (nSPS) is 11.1. The van der Waals surface area contributed by atoms with Crippen LogP contribution in [0, 0.1) is 0 Å². The van der Waals surface area contributed by atoms with Gasteiger partial charge in [-0.2, -0.15) is 0 Å². The summed E-state index contributed by atoms with van der Waals surface area (Å²) in [5, 5.41) is 9.12. The third-order valence-electron chi connectivity index (χ3n) is 4.29. The molecule has 26 heavy (non-hydrogen) atoms. The molecule has 0 aliphatic heterocycles. The van der Waals surface area contributed by atoms with Crippen molar-refractivity contribution in [2.24, 2.45) is 0 Å². The molecule has 4 heteroatoms. The van der Waals surface area contributed by atoms with Gasteiger partial charge in [0.15, 0.2) is 0 Å². The molecule has 4 rings (SSSR count). The van der Waals surface area contributed by atoms with E-state index in [4.69, 9.17) is 4.74 Å². The minimum absolute atomic E-state index is 0.734. The highest BCUT2D eigenvalue weighted by molar-refractivity contribution is 7.17. The summed E-state index contributed by atoms with van der Waals surface area (Å²) in [5.41, 5.74) is 2.54. The molecule has 0 radical (unpaired) electrons. The lowest BCUT2D eigenvalue weighted by Crippen LogP contribution is -2.16. The van der Waals surface area contributed by atoms with Crippen LogP contribution in [0.1, 0.15) is 11.3 Å². The fraction of sp³-hybridized carbons (Fsp3) is 0.182. The number of ether oxygens (including phenoxy) is 1. The van der Waals surface area contributed by atoms with Crippen molar-refractivity contribution in [1.29, 1.82) is 0 Å². The number of thiophene rings is 2. The minimum atomic E-state index is 0.734. The molecule has 2 aromatic heterocycles. The van der Waals surface area contributed by atoms with Gasteiger partial charge >= 0.3 is 0 Å². The van der Waals surface area contributed by atoms with E-state index in [2.05, 4.69) is 76.7 Å². The standard InChI is InChI=1S/C22H21NOS2/c1-2-7-22-20(6-1)21(16-26-22)17-8-10-18(11-9-17)24-13-4-12-23-15-19-5-3-14-25-19/h1-3,5-11,14,16,23H,4,12-13,15H2. The SMILES string of the molecule is c1csc(CNCCCOc2ccc(-c3csc4ccccc34)cc2)c1. The zero-order valence-corrected chi connectivity index (χ0v) is 16.1. The van der Waals surface area contributed by atoms with Crippen LogP contribution in [0.4, 0.5) is 0 Å². The molecule has 0 fully saturated rings. The van der Waals surface area contributed by atoms with Crippen molar-refractivity contribution in [2.75, 3.05) is 13.2 Å². The zero-order valence-electron chi connectivity index (χ0n) is 14.5. The number of hydrogen-bond acceptors (Lipinski definition) is 4. The molecule has 0 aliphatic rings.